The van der Waals surface area contributed by atoms with E-state index in [0.717, 1.165) is 27.6 Å². The molecule has 0 saturated heterocycles. The first-order valence-electron chi connectivity index (χ1n) is 13.5. The largest absolute Gasteiger partial charge is 0.352 e. The van der Waals surface area contributed by atoms with Gasteiger partial charge in [0.15, 0.2) is 0 Å². The number of nitrogens with zero attached hydrogens (tertiary/aromatic N) is 2. The smallest absolute Gasteiger partial charge is 0.264 e. The van der Waals surface area contributed by atoms with E-state index in [1.54, 1.807) is 43.3 Å². The van der Waals surface area contributed by atoms with Crippen LogP contribution in [0.5, 0.6) is 0 Å². The highest BCUT2D eigenvalue weighted by molar-refractivity contribution is 9.10. The number of para-hydroxylation sites is 1. The van der Waals surface area contributed by atoms with Crippen LogP contribution in [0.3, 0.4) is 0 Å². The molecule has 9 heteroatoms. The number of carbonyl (C=O) groups is 2. The Labute approximate surface area is 246 Å². The Morgan fingerprint density at radius 3 is 2.15 bits per heavy atom. The van der Waals surface area contributed by atoms with Gasteiger partial charge in [-0.3, -0.25) is 13.9 Å². The number of carbonyl (C=O) groups excluding carboxylic acids is 2. The van der Waals surface area contributed by atoms with Crippen LogP contribution in [-0.2, 0) is 32.6 Å². The van der Waals surface area contributed by atoms with Crippen molar-refractivity contribution in [3.8, 4) is 0 Å². The maximum absolute atomic E-state index is 14.1. The van der Waals surface area contributed by atoms with Crippen LogP contribution >= 0.6 is 15.9 Å². The Morgan fingerprint density at radius 1 is 0.925 bits per heavy atom. The number of benzene rings is 3. The second kappa shape index (κ2) is 13.9. The van der Waals surface area contributed by atoms with Gasteiger partial charge in [-0.05, 0) is 75.1 Å². The summed E-state index contributed by atoms with van der Waals surface area (Å²) in [6.07, 6.45) is 1.33. The molecule has 40 heavy (non-hydrogen) atoms. The normalized spacial score (nSPS) is 12.8. The zero-order chi connectivity index (χ0) is 29.4. The van der Waals surface area contributed by atoms with Gasteiger partial charge in [-0.25, -0.2) is 8.42 Å². The minimum atomic E-state index is -4.10. The van der Waals surface area contributed by atoms with Crippen molar-refractivity contribution in [2.75, 3.05) is 10.8 Å². The summed E-state index contributed by atoms with van der Waals surface area (Å²) in [5.41, 5.74) is 2.99. The van der Waals surface area contributed by atoms with Crippen LogP contribution in [0, 0.1) is 6.92 Å². The number of nitrogens with one attached hydrogen (secondary N) is 1. The summed E-state index contributed by atoms with van der Waals surface area (Å²) in [5.74, 6) is -0.766. The van der Waals surface area contributed by atoms with Crippen molar-refractivity contribution < 1.29 is 18.0 Å². The van der Waals surface area contributed by atoms with Crippen LogP contribution in [-0.4, -0.2) is 43.8 Å². The number of rotatable bonds is 12. The van der Waals surface area contributed by atoms with Gasteiger partial charge in [-0.2, -0.15) is 0 Å². The highest BCUT2D eigenvalue weighted by Crippen LogP contribution is 2.28. The molecular formula is C31H38BrN3O4S. The van der Waals surface area contributed by atoms with Gasteiger partial charge < -0.3 is 10.2 Å². The molecule has 2 atom stereocenters. The van der Waals surface area contributed by atoms with Crippen LogP contribution in [0.15, 0.2) is 82.2 Å². The number of hydrogen-bond donors (Lipinski definition) is 1. The SMILES string of the molecule is CCc1ccccc1N(CC(=O)N(Cc1ccc(Br)cc1)[C@@H](C)C(=O)N[C@H](C)CC)S(=O)(=O)c1ccc(C)cc1. The quantitative estimate of drug-likeness (QED) is 0.273. The molecule has 1 N–H and O–H groups in total. The van der Waals surface area contributed by atoms with Crippen molar-refractivity contribution in [2.24, 2.45) is 0 Å². The Bertz CT molecular complexity index is 1410. The molecule has 0 heterocycles. The minimum absolute atomic E-state index is 0.0607. The second-order valence-corrected chi connectivity index (χ2v) is 12.7. The first-order chi connectivity index (χ1) is 19.0. The van der Waals surface area contributed by atoms with Crippen molar-refractivity contribution in [1.82, 2.24) is 10.2 Å². The standard InChI is InChI=1S/C31H38BrN3O4S/c1-6-23(4)33-31(37)24(5)34(20-25-14-16-27(32)17-15-25)30(36)21-35(29-11-9-8-10-26(29)7-2)40(38,39)28-18-12-22(3)13-19-28/h8-19,23-24H,6-7,20-21H2,1-5H3,(H,33,37)/t23-,24+/m1/s1. The predicted octanol–water partition coefficient (Wildman–Crippen LogP) is 5.85. The van der Waals surface area contributed by atoms with Gasteiger partial charge in [-0.1, -0.05) is 77.8 Å². The lowest BCUT2D eigenvalue weighted by atomic mass is 10.1. The summed E-state index contributed by atoms with van der Waals surface area (Å²) in [6, 6.07) is 20.4. The average molecular weight is 629 g/mol. The Hall–Kier alpha value is -3.17. The van der Waals surface area contributed by atoms with Crippen LogP contribution < -0.4 is 9.62 Å². The number of sulfonamides is 1. The molecule has 3 aromatic carbocycles. The molecule has 0 fully saturated rings. The third-order valence-electron chi connectivity index (χ3n) is 6.96. The lowest BCUT2D eigenvalue weighted by Gasteiger charge is -2.33. The van der Waals surface area contributed by atoms with E-state index in [1.807, 2.05) is 64.1 Å². The third-order valence-corrected chi connectivity index (χ3v) is 9.27. The number of anilines is 1. The van der Waals surface area contributed by atoms with Crippen LogP contribution in [0.2, 0.25) is 0 Å². The van der Waals surface area contributed by atoms with Crippen molar-refractivity contribution in [2.45, 2.75) is 71.0 Å². The third kappa shape index (κ3) is 7.73. The molecule has 3 aromatic rings. The molecule has 0 bridgehead atoms. The van der Waals surface area contributed by atoms with E-state index in [4.69, 9.17) is 0 Å². The molecule has 0 aromatic heterocycles. The molecular weight excluding hydrogens is 590 g/mol. The van der Waals surface area contributed by atoms with Crippen LogP contribution in [0.1, 0.15) is 50.8 Å². The lowest BCUT2D eigenvalue weighted by Crippen LogP contribution is -2.52. The van der Waals surface area contributed by atoms with E-state index in [0.29, 0.717) is 12.1 Å². The fourth-order valence-corrected chi connectivity index (χ4v) is 5.95. The number of amides is 2. The minimum Gasteiger partial charge on any atom is -0.352 e. The summed E-state index contributed by atoms with van der Waals surface area (Å²) in [6.45, 7) is 9.07. The van der Waals surface area contributed by atoms with E-state index >= 15 is 0 Å². The highest BCUT2D eigenvalue weighted by atomic mass is 79.9. The maximum atomic E-state index is 14.1. The maximum Gasteiger partial charge on any atom is 0.264 e. The summed E-state index contributed by atoms with van der Waals surface area (Å²) in [4.78, 5) is 28.8. The van der Waals surface area contributed by atoms with Crippen LogP contribution in [0.25, 0.3) is 0 Å². The van der Waals surface area contributed by atoms with Crippen molar-refractivity contribution in [1.29, 1.82) is 0 Å². The van der Waals surface area contributed by atoms with Gasteiger partial charge in [0.2, 0.25) is 11.8 Å². The number of halogens is 1. The van der Waals surface area contributed by atoms with Gasteiger partial charge in [-0.15, -0.1) is 0 Å². The monoisotopic (exact) mass is 627 g/mol. The molecule has 0 saturated carbocycles. The van der Waals surface area contributed by atoms with Gasteiger partial charge in [0, 0.05) is 17.1 Å². The first-order valence-corrected chi connectivity index (χ1v) is 15.7. The molecule has 2 amide bonds. The lowest BCUT2D eigenvalue weighted by molar-refractivity contribution is -0.139. The molecule has 0 aliphatic carbocycles. The summed E-state index contributed by atoms with van der Waals surface area (Å²) >= 11 is 3.43. The second-order valence-electron chi connectivity index (χ2n) is 9.95. The van der Waals surface area contributed by atoms with Gasteiger partial charge >= 0.3 is 0 Å². The molecule has 0 aliphatic heterocycles. The van der Waals surface area contributed by atoms with Gasteiger partial charge in [0.1, 0.15) is 12.6 Å². The summed E-state index contributed by atoms with van der Waals surface area (Å²) in [5, 5.41) is 2.95. The molecule has 0 spiro atoms. The zero-order valence-electron chi connectivity index (χ0n) is 23.7. The molecule has 0 unspecified atom stereocenters. The highest BCUT2D eigenvalue weighted by Gasteiger charge is 2.33. The Morgan fingerprint density at radius 2 is 1.55 bits per heavy atom. The average Bonchev–Trinajstić information content (AvgIpc) is 2.95. The van der Waals surface area contributed by atoms with E-state index in [1.165, 1.54) is 9.21 Å². The van der Waals surface area contributed by atoms with E-state index in [-0.39, 0.29) is 23.4 Å². The molecule has 0 radical (unpaired) electrons. The van der Waals surface area contributed by atoms with E-state index in [2.05, 4.69) is 21.2 Å². The molecule has 0 aliphatic rings. The van der Waals surface area contributed by atoms with E-state index < -0.39 is 28.5 Å². The topological polar surface area (TPSA) is 86.8 Å². The predicted molar refractivity (Wildman–Crippen MR) is 164 cm³/mol. The Kier molecular flexibility index (Phi) is 10.9. The summed E-state index contributed by atoms with van der Waals surface area (Å²) in [7, 11) is -4.10. The number of aryl methyl sites for hydroxylation is 2. The molecule has 3 rings (SSSR count). The Balaban J connectivity index is 2.06. The van der Waals surface area contributed by atoms with Crippen molar-refractivity contribution >= 4 is 43.5 Å². The fraction of sp³-hybridized carbons (Fsp3) is 0.355. The zero-order valence-corrected chi connectivity index (χ0v) is 26.1. The van der Waals surface area contributed by atoms with Gasteiger partial charge in [0.25, 0.3) is 10.0 Å². The van der Waals surface area contributed by atoms with Crippen LogP contribution in [0.4, 0.5) is 5.69 Å². The number of hydrogen-bond acceptors (Lipinski definition) is 4. The van der Waals surface area contributed by atoms with E-state index in [9.17, 15) is 18.0 Å². The van der Waals surface area contributed by atoms with Crippen molar-refractivity contribution in [3.63, 3.8) is 0 Å². The fourth-order valence-electron chi connectivity index (χ4n) is 4.24. The first kappa shape index (κ1) is 31.4. The molecule has 7 nitrogen and oxygen atoms in total. The molecule has 214 valence electrons. The van der Waals surface area contributed by atoms with Gasteiger partial charge in [0.05, 0.1) is 10.6 Å². The summed E-state index contributed by atoms with van der Waals surface area (Å²) < 4.78 is 30.1. The van der Waals surface area contributed by atoms with Crippen molar-refractivity contribution in [3.05, 3.63) is 94.0 Å².